The van der Waals surface area contributed by atoms with E-state index < -0.39 is 23.7 Å². The van der Waals surface area contributed by atoms with Gasteiger partial charge >= 0.3 is 0 Å². The molecule has 0 saturated heterocycles. The lowest BCUT2D eigenvalue weighted by atomic mass is 9.95. The Morgan fingerprint density at radius 3 is 2.45 bits per heavy atom. The average Bonchev–Trinajstić information content (AvgIpc) is 3.14. The topological polar surface area (TPSA) is 131 Å². The van der Waals surface area contributed by atoms with Gasteiger partial charge in [0.2, 0.25) is 5.91 Å². The summed E-state index contributed by atoms with van der Waals surface area (Å²) < 4.78 is 17.2. The Kier molecular flexibility index (Phi) is 7.21. The van der Waals surface area contributed by atoms with E-state index >= 15 is 0 Å². The van der Waals surface area contributed by atoms with Crippen molar-refractivity contribution in [3.63, 3.8) is 0 Å². The van der Waals surface area contributed by atoms with E-state index in [1.807, 2.05) is 0 Å². The van der Waals surface area contributed by atoms with Gasteiger partial charge in [-0.25, -0.2) is 4.39 Å². The molecule has 3 rings (SSSR count). The van der Waals surface area contributed by atoms with E-state index in [2.05, 4.69) is 9.69 Å². The minimum absolute atomic E-state index is 0.0354. The van der Waals surface area contributed by atoms with Crippen molar-refractivity contribution in [2.45, 2.75) is 57.7 Å². The van der Waals surface area contributed by atoms with Crippen molar-refractivity contribution in [3.8, 4) is 0 Å². The minimum Gasteiger partial charge on any atom is -0.395 e. The molecule has 2 aromatic rings. The first-order valence-electron chi connectivity index (χ1n) is 10.2. The molecule has 1 heterocycles. The number of hydrogen-bond acceptors (Lipinski definition) is 6. The highest BCUT2D eigenvalue weighted by atomic mass is 32.1. The van der Waals surface area contributed by atoms with Gasteiger partial charge in [-0.2, -0.15) is 4.37 Å². The van der Waals surface area contributed by atoms with E-state index in [4.69, 9.17) is 11.5 Å². The summed E-state index contributed by atoms with van der Waals surface area (Å²) in [5.74, 6) is -2.05. The number of aromatic nitrogens is 1. The summed E-state index contributed by atoms with van der Waals surface area (Å²) >= 11 is 0.760. The number of benzene rings is 1. The van der Waals surface area contributed by atoms with Crippen molar-refractivity contribution in [2.24, 2.45) is 5.73 Å². The van der Waals surface area contributed by atoms with E-state index in [1.54, 1.807) is 19.1 Å². The minimum atomic E-state index is -0.832. The van der Waals surface area contributed by atoms with Crippen LogP contribution in [0.25, 0.3) is 0 Å². The van der Waals surface area contributed by atoms with E-state index in [0.717, 1.165) is 43.6 Å². The third-order valence-corrected chi connectivity index (χ3v) is 6.33. The quantitative estimate of drug-likeness (QED) is 0.600. The molecule has 3 amide bonds. The fourth-order valence-corrected chi connectivity index (χ4v) is 4.40. The number of amides is 3. The Bertz CT molecular complexity index is 956. The molecule has 10 heteroatoms. The Hall–Kier alpha value is -3.01. The maximum atomic E-state index is 13.3. The Morgan fingerprint density at radius 1 is 1.23 bits per heavy atom. The molecule has 0 radical (unpaired) electrons. The number of carbonyl (C=O) groups excluding carboxylic acids is 3. The van der Waals surface area contributed by atoms with E-state index in [0.29, 0.717) is 5.56 Å². The maximum absolute atomic E-state index is 13.3. The fraction of sp³-hybridized carbons (Fsp3) is 0.429. The van der Waals surface area contributed by atoms with E-state index in [-0.39, 0.29) is 34.8 Å². The number of hydrogen-bond donors (Lipinski definition) is 3. The predicted octanol–water partition coefficient (Wildman–Crippen LogP) is 2.44. The van der Waals surface area contributed by atoms with Gasteiger partial charge in [-0.15, -0.1) is 0 Å². The average molecular weight is 448 g/mol. The number of nitrogen functional groups attached to an aromatic ring is 1. The second-order valence-electron chi connectivity index (χ2n) is 7.72. The van der Waals surface area contributed by atoms with Gasteiger partial charge in [0, 0.05) is 12.6 Å². The molecule has 0 unspecified atom stereocenters. The Labute approximate surface area is 184 Å². The van der Waals surface area contributed by atoms with Crippen molar-refractivity contribution < 1.29 is 18.8 Å². The molecule has 5 N–H and O–H groups in total. The van der Waals surface area contributed by atoms with Crippen molar-refractivity contribution in [2.75, 3.05) is 5.73 Å². The van der Waals surface area contributed by atoms with Crippen molar-refractivity contribution in [3.05, 3.63) is 46.2 Å². The van der Waals surface area contributed by atoms with E-state index in [1.165, 1.54) is 17.0 Å². The normalized spacial score (nSPS) is 15.3. The second kappa shape index (κ2) is 9.86. The number of nitrogens with one attached hydrogen (secondary N) is 1. The van der Waals surface area contributed by atoms with Crippen LogP contribution in [-0.4, -0.2) is 39.1 Å². The van der Waals surface area contributed by atoms with Crippen molar-refractivity contribution in [1.29, 1.82) is 0 Å². The lowest BCUT2D eigenvalue weighted by Gasteiger charge is -2.31. The number of carbonyl (C=O) groups is 3. The Balaban J connectivity index is 1.86. The summed E-state index contributed by atoms with van der Waals surface area (Å²) in [6.45, 7) is 1.69. The maximum Gasteiger partial charge on any atom is 0.270 e. The van der Waals surface area contributed by atoms with Crippen LogP contribution in [0.15, 0.2) is 24.3 Å². The zero-order valence-electron chi connectivity index (χ0n) is 17.3. The van der Waals surface area contributed by atoms with Gasteiger partial charge in [0.15, 0.2) is 5.69 Å². The number of nitrogens with zero attached hydrogens (tertiary/aromatic N) is 2. The van der Waals surface area contributed by atoms with Crippen LogP contribution in [0.1, 0.15) is 64.8 Å². The number of primary amides is 1. The van der Waals surface area contributed by atoms with Crippen molar-refractivity contribution >= 4 is 34.9 Å². The first kappa shape index (κ1) is 22.7. The van der Waals surface area contributed by atoms with Gasteiger partial charge in [-0.05, 0) is 49.0 Å². The standard InChI is InChI=1S/C21H26FN5O3S/c1-12(20(29)25-15-5-3-2-4-6-15)27(11-13-7-9-14(22)10-8-13)21(30)18-16(23)17(19(24)28)26-31-18/h7-10,12,15H,2-6,11,23H2,1H3,(H2,24,28)(H,25,29)/t12-/m0/s1. The van der Waals surface area contributed by atoms with Gasteiger partial charge in [0.1, 0.15) is 16.7 Å². The molecule has 1 aromatic carbocycles. The SMILES string of the molecule is C[C@@H](C(=O)NC1CCCCC1)N(Cc1ccc(F)cc1)C(=O)c1snc(C(N)=O)c1N. The Morgan fingerprint density at radius 2 is 1.87 bits per heavy atom. The summed E-state index contributed by atoms with van der Waals surface area (Å²) in [5.41, 5.74) is 11.6. The molecule has 31 heavy (non-hydrogen) atoms. The molecule has 1 atom stereocenters. The zero-order chi connectivity index (χ0) is 22.5. The van der Waals surface area contributed by atoms with Gasteiger partial charge in [-0.1, -0.05) is 31.4 Å². The molecule has 1 fully saturated rings. The molecule has 0 aliphatic heterocycles. The van der Waals surface area contributed by atoms with Gasteiger partial charge in [-0.3, -0.25) is 14.4 Å². The molecule has 166 valence electrons. The lowest BCUT2D eigenvalue weighted by molar-refractivity contribution is -0.126. The van der Waals surface area contributed by atoms with Crippen LogP contribution < -0.4 is 16.8 Å². The zero-order valence-corrected chi connectivity index (χ0v) is 18.1. The molecule has 1 saturated carbocycles. The summed E-state index contributed by atoms with van der Waals surface area (Å²) in [6, 6.07) is 4.94. The van der Waals surface area contributed by atoms with Crippen LogP contribution in [0.4, 0.5) is 10.1 Å². The summed E-state index contributed by atoms with van der Waals surface area (Å²) in [7, 11) is 0. The molecule has 1 aliphatic carbocycles. The first-order valence-corrected chi connectivity index (χ1v) is 11.0. The molecular formula is C21H26FN5O3S. The monoisotopic (exact) mass is 447 g/mol. The molecule has 0 bridgehead atoms. The smallest absolute Gasteiger partial charge is 0.270 e. The third kappa shape index (κ3) is 5.38. The number of halogens is 1. The van der Waals surface area contributed by atoms with Crippen molar-refractivity contribution in [1.82, 2.24) is 14.6 Å². The molecule has 0 spiro atoms. The highest BCUT2D eigenvalue weighted by molar-refractivity contribution is 7.09. The number of anilines is 1. The lowest BCUT2D eigenvalue weighted by Crippen LogP contribution is -2.50. The van der Waals surface area contributed by atoms with Crippen LogP contribution in [-0.2, 0) is 11.3 Å². The first-order chi connectivity index (χ1) is 14.8. The second-order valence-corrected chi connectivity index (χ2v) is 8.49. The highest BCUT2D eigenvalue weighted by Crippen LogP contribution is 2.25. The summed E-state index contributed by atoms with van der Waals surface area (Å²) in [4.78, 5) is 39.1. The van der Waals surface area contributed by atoms with Crippen LogP contribution in [0.5, 0.6) is 0 Å². The summed E-state index contributed by atoms with van der Waals surface area (Å²) in [6.07, 6.45) is 5.10. The van der Waals surface area contributed by atoms with Crippen LogP contribution in [0, 0.1) is 5.82 Å². The highest BCUT2D eigenvalue weighted by Gasteiger charge is 2.32. The van der Waals surface area contributed by atoms with Gasteiger partial charge < -0.3 is 21.7 Å². The van der Waals surface area contributed by atoms with Gasteiger partial charge in [0.05, 0.1) is 5.69 Å². The van der Waals surface area contributed by atoms with Crippen LogP contribution >= 0.6 is 11.5 Å². The van der Waals surface area contributed by atoms with Gasteiger partial charge in [0.25, 0.3) is 11.8 Å². The molecule has 1 aliphatic rings. The summed E-state index contributed by atoms with van der Waals surface area (Å²) in [5, 5.41) is 3.03. The molecular weight excluding hydrogens is 421 g/mol. The number of nitrogens with two attached hydrogens (primary N) is 2. The third-order valence-electron chi connectivity index (χ3n) is 5.48. The largest absolute Gasteiger partial charge is 0.395 e. The predicted molar refractivity (Wildman–Crippen MR) is 116 cm³/mol. The van der Waals surface area contributed by atoms with E-state index in [9.17, 15) is 18.8 Å². The fourth-order valence-electron chi connectivity index (χ4n) is 3.64. The van der Waals surface area contributed by atoms with Crippen LogP contribution in [0.2, 0.25) is 0 Å². The molecule has 1 aromatic heterocycles. The molecule has 8 nitrogen and oxygen atoms in total. The number of rotatable bonds is 7. The van der Waals surface area contributed by atoms with Crippen LogP contribution in [0.3, 0.4) is 0 Å².